The molecule has 1 rings (SSSR count). The van der Waals surface area contributed by atoms with E-state index in [1.807, 2.05) is 0 Å². The molecule has 0 radical (unpaired) electrons. The highest BCUT2D eigenvalue weighted by Gasteiger charge is 2.16. The monoisotopic (exact) mass is 197 g/mol. The van der Waals surface area contributed by atoms with Gasteiger partial charge < -0.3 is 16.6 Å². The van der Waals surface area contributed by atoms with Gasteiger partial charge in [-0.3, -0.25) is 0 Å². The van der Waals surface area contributed by atoms with E-state index in [-0.39, 0.29) is 11.7 Å². The highest BCUT2D eigenvalue weighted by atomic mass is 16.4. The Hall–Kier alpha value is -1.52. The Kier molecular flexibility index (Phi) is 3.50. The number of carbonyl (C=O) groups is 1. The molecule has 5 nitrogen and oxygen atoms in total. The number of allylic oxidation sites excluding steroid dienone is 1. The molecular weight excluding hydrogens is 182 g/mol. The number of nitrogens with two attached hydrogens (primary N) is 2. The molecule has 0 heterocycles. The van der Waals surface area contributed by atoms with Crippen molar-refractivity contribution in [3.63, 3.8) is 0 Å². The van der Waals surface area contributed by atoms with E-state index in [2.05, 4.69) is 4.99 Å². The molecule has 78 valence electrons. The summed E-state index contributed by atoms with van der Waals surface area (Å²) in [7, 11) is 0. The predicted octanol–water partition coefficient (Wildman–Crippen LogP) is 0.563. The van der Waals surface area contributed by atoms with E-state index in [9.17, 15) is 4.79 Å². The van der Waals surface area contributed by atoms with Gasteiger partial charge in [0.2, 0.25) is 0 Å². The van der Waals surface area contributed by atoms with E-state index < -0.39 is 5.97 Å². The van der Waals surface area contributed by atoms with Crippen LogP contribution in [0.1, 0.15) is 32.1 Å². The first-order valence-electron chi connectivity index (χ1n) is 4.66. The second-order valence-corrected chi connectivity index (χ2v) is 3.35. The van der Waals surface area contributed by atoms with Crippen molar-refractivity contribution in [2.75, 3.05) is 0 Å². The lowest BCUT2D eigenvalue weighted by atomic mass is 9.93. The number of aliphatic imine (C=N–C) groups is 1. The van der Waals surface area contributed by atoms with Gasteiger partial charge in [-0.2, -0.15) is 0 Å². The summed E-state index contributed by atoms with van der Waals surface area (Å²) in [5, 5.41) is 8.90. The number of hydrogen-bond acceptors (Lipinski definition) is 2. The lowest BCUT2D eigenvalue weighted by Crippen LogP contribution is -2.24. The molecular formula is C9H15N3O2. The summed E-state index contributed by atoms with van der Waals surface area (Å²) in [6.45, 7) is 0. The molecule has 0 amide bonds. The molecule has 14 heavy (non-hydrogen) atoms. The van der Waals surface area contributed by atoms with Crippen molar-refractivity contribution < 1.29 is 9.90 Å². The van der Waals surface area contributed by atoms with Crippen LogP contribution in [0.2, 0.25) is 0 Å². The van der Waals surface area contributed by atoms with Gasteiger partial charge in [0, 0.05) is 0 Å². The third-order valence-corrected chi connectivity index (χ3v) is 2.24. The highest BCUT2D eigenvalue weighted by Crippen LogP contribution is 2.26. The summed E-state index contributed by atoms with van der Waals surface area (Å²) in [6.07, 6.45) is 4.77. The molecule has 0 aromatic heterocycles. The van der Waals surface area contributed by atoms with Crippen LogP contribution in [-0.4, -0.2) is 17.0 Å². The zero-order chi connectivity index (χ0) is 10.6. The molecule has 0 unspecified atom stereocenters. The first-order valence-corrected chi connectivity index (χ1v) is 4.66. The summed E-state index contributed by atoms with van der Waals surface area (Å²) in [5.74, 6) is -1.24. The van der Waals surface area contributed by atoms with Crippen LogP contribution in [0.25, 0.3) is 0 Å². The van der Waals surface area contributed by atoms with Crippen LogP contribution in [0, 0.1) is 0 Å². The number of carboxylic acid groups (broad SMARTS) is 1. The van der Waals surface area contributed by atoms with Gasteiger partial charge in [-0.15, -0.1) is 0 Å². The maximum absolute atomic E-state index is 10.9. The Labute approximate surface area is 82.5 Å². The van der Waals surface area contributed by atoms with E-state index in [0.29, 0.717) is 0 Å². The molecule has 1 aliphatic rings. The van der Waals surface area contributed by atoms with Crippen LogP contribution < -0.4 is 11.5 Å². The smallest absolute Gasteiger partial charge is 0.354 e. The minimum Gasteiger partial charge on any atom is -0.477 e. The summed E-state index contributed by atoms with van der Waals surface area (Å²) in [6, 6.07) is 0. The first-order chi connectivity index (χ1) is 6.61. The van der Waals surface area contributed by atoms with Crippen molar-refractivity contribution in [2.45, 2.75) is 32.1 Å². The molecule has 0 atom stereocenters. The van der Waals surface area contributed by atoms with E-state index in [4.69, 9.17) is 16.6 Å². The van der Waals surface area contributed by atoms with Crippen LogP contribution in [0.5, 0.6) is 0 Å². The Morgan fingerprint density at radius 2 is 1.79 bits per heavy atom. The Bertz CT molecular complexity index is 282. The maximum Gasteiger partial charge on any atom is 0.354 e. The van der Waals surface area contributed by atoms with Gasteiger partial charge in [0.1, 0.15) is 0 Å². The Morgan fingerprint density at radius 3 is 2.21 bits per heavy atom. The molecule has 5 heteroatoms. The fourth-order valence-corrected chi connectivity index (χ4v) is 1.62. The molecule has 0 aromatic carbocycles. The van der Waals surface area contributed by atoms with E-state index in [1.54, 1.807) is 0 Å². The summed E-state index contributed by atoms with van der Waals surface area (Å²) in [4.78, 5) is 14.5. The predicted molar refractivity (Wildman–Crippen MR) is 53.6 cm³/mol. The lowest BCUT2D eigenvalue weighted by Gasteiger charge is -2.14. The molecule has 0 aliphatic heterocycles. The zero-order valence-electron chi connectivity index (χ0n) is 7.99. The SMILES string of the molecule is NC(N)=NC(C(=O)O)=C1CCCCC1. The van der Waals surface area contributed by atoms with Crippen molar-refractivity contribution in [1.82, 2.24) is 0 Å². The normalized spacial score (nSPS) is 16.1. The Morgan fingerprint density at radius 1 is 1.21 bits per heavy atom. The van der Waals surface area contributed by atoms with Crippen molar-refractivity contribution >= 4 is 11.9 Å². The third kappa shape index (κ3) is 2.76. The lowest BCUT2D eigenvalue weighted by molar-refractivity contribution is -0.132. The van der Waals surface area contributed by atoms with Gasteiger partial charge in [0.05, 0.1) is 0 Å². The summed E-state index contributed by atoms with van der Waals surface area (Å²) >= 11 is 0. The molecule has 1 fully saturated rings. The first kappa shape index (κ1) is 10.6. The van der Waals surface area contributed by atoms with Crippen LogP contribution in [0.15, 0.2) is 16.3 Å². The quantitative estimate of drug-likeness (QED) is 0.342. The van der Waals surface area contributed by atoms with Crippen LogP contribution >= 0.6 is 0 Å². The van der Waals surface area contributed by atoms with Crippen molar-refractivity contribution in [1.29, 1.82) is 0 Å². The second kappa shape index (κ2) is 4.64. The van der Waals surface area contributed by atoms with Gasteiger partial charge >= 0.3 is 5.97 Å². The topological polar surface area (TPSA) is 102 Å². The number of guanidine groups is 1. The van der Waals surface area contributed by atoms with Crippen LogP contribution in [0.3, 0.4) is 0 Å². The molecule has 0 spiro atoms. The zero-order valence-corrected chi connectivity index (χ0v) is 7.99. The molecule has 0 aromatic rings. The minimum atomic E-state index is -1.05. The number of rotatable bonds is 2. The number of hydrogen-bond donors (Lipinski definition) is 3. The standard InChI is InChI=1S/C9H15N3O2/c10-9(11)12-7(8(13)14)6-4-2-1-3-5-6/h1-5H2,(H,13,14)(H4,10,11,12). The largest absolute Gasteiger partial charge is 0.477 e. The van der Waals surface area contributed by atoms with Crippen molar-refractivity contribution in [3.8, 4) is 0 Å². The Balaban J connectivity index is 2.94. The molecule has 0 bridgehead atoms. The number of carboxylic acids is 1. The maximum atomic E-state index is 10.9. The van der Waals surface area contributed by atoms with E-state index in [1.165, 1.54) is 0 Å². The van der Waals surface area contributed by atoms with Crippen LogP contribution in [0.4, 0.5) is 0 Å². The van der Waals surface area contributed by atoms with Crippen molar-refractivity contribution in [3.05, 3.63) is 11.3 Å². The van der Waals surface area contributed by atoms with Gasteiger partial charge in [-0.05, 0) is 31.3 Å². The minimum absolute atomic E-state index is 0.0321. The van der Waals surface area contributed by atoms with Gasteiger partial charge in [-0.25, -0.2) is 9.79 Å². The van der Waals surface area contributed by atoms with Gasteiger partial charge in [0.25, 0.3) is 0 Å². The van der Waals surface area contributed by atoms with Crippen molar-refractivity contribution in [2.24, 2.45) is 16.5 Å². The third-order valence-electron chi connectivity index (χ3n) is 2.24. The van der Waals surface area contributed by atoms with Gasteiger partial charge in [-0.1, -0.05) is 6.42 Å². The number of aliphatic carboxylic acids is 1. The molecule has 1 saturated carbocycles. The molecule has 1 aliphatic carbocycles. The highest BCUT2D eigenvalue weighted by molar-refractivity contribution is 5.91. The molecule has 0 saturated heterocycles. The number of nitrogens with zero attached hydrogens (tertiary/aromatic N) is 1. The fraction of sp³-hybridized carbons (Fsp3) is 0.556. The average Bonchev–Trinajstić information content (AvgIpc) is 2.15. The fourth-order valence-electron chi connectivity index (χ4n) is 1.62. The summed E-state index contributed by atoms with van der Waals surface area (Å²) < 4.78 is 0. The average molecular weight is 197 g/mol. The van der Waals surface area contributed by atoms with E-state index >= 15 is 0 Å². The van der Waals surface area contributed by atoms with Crippen LogP contribution in [-0.2, 0) is 4.79 Å². The molecule has 5 N–H and O–H groups in total. The summed E-state index contributed by atoms with van der Waals surface area (Å²) in [5.41, 5.74) is 11.2. The second-order valence-electron chi connectivity index (χ2n) is 3.35. The van der Waals surface area contributed by atoms with E-state index in [0.717, 1.165) is 37.7 Å². The van der Waals surface area contributed by atoms with Gasteiger partial charge in [0.15, 0.2) is 11.7 Å².